The van der Waals surface area contributed by atoms with E-state index in [2.05, 4.69) is 4.90 Å². The van der Waals surface area contributed by atoms with E-state index >= 15 is 0 Å². The van der Waals surface area contributed by atoms with Crippen molar-refractivity contribution in [2.75, 3.05) is 6.54 Å². The lowest BCUT2D eigenvalue weighted by molar-refractivity contribution is 0.101. The Hall–Kier alpha value is -1.35. The minimum atomic E-state index is 0.0602. The van der Waals surface area contributed by atoms with E-state index in [4.69, 9.17) is 0 Å². The lowest BCUT2D eigenvalue weighted by atomic mass is 9.95. The molecular weight excluding hydrogens is 262 g/mol. The Morgan fingerprint density at radius 2 is 2.00 bits per heavy atom. The highest BCUT2D eigenvalue weighted by Crippen LogP contribution is 2.36. The van der Waals surface area contributed by atoms with Crippen LogP contribution in [-0.4, -0.2) is 28.4 Å². The van der Waals surface area contributed by atoms with Crippen LogP contribution in [0.25, 0.3) is 0 Å². The fourth-order valence-corrected chi connectivity index (χ4v) is 4.07. The number of nitrogens with zero attached hydrogens (tertiary/aromatic N) is 1. The quantitative estimate of drug-likeness (QED) is 0.857. The van der Waals surface area contributed by atoms with Crippen LogP contribution >= 0.6 is 0 Å². The molecule has 0 spiro atoms. The monoisotopic (exact) mass is 287 g/mol. The fraction of sp³-hybridized carbons (Fsp3) is 0.611. The predicted molar refractivity (Wildman–Crippen MR) is 83.5 cm³/mol. The summed E-state index contributed by atoms with van der Waals surface area (Å²) in [7, 11) is 0. The molecule has 0 bridgehead atoms. The third-order valence-electron chi connectivity index (χ3n) is 5.22. The molecule has 3 rings (SSSR count). The molecule has 0 amide bonds. The van der Waals surface area contributed by atoms with Gasteiger partial charge < -0.3 is 5.11 Å². The first-order chi connectivity index (χ1) is 10.1. The van der Waals surface area contributed by atoms with E-state index in [9.17, 15) is 9.90 Å². The Labute approximate surface area is 127 Å². The first kappa shape index (κ1) is 14.6. The first-order valence-corrected chi connectivity index (χ1v) is 8.22. The van der Waals surface area contributed by atoms with Crippen molar-refractivity contribution in [3.05, 3.63) is 29.3 Å². The van der Waals surface area contributed by atoms with E-state index in [0.717, 1.165) is 24.6 Å². The highest BCUT2D eigenvalue weighted by Gasteiger charge is 2.33. The van der Waals surface area contributed by atoms with Crippen molar-refractivity contribution in [3.63, 3.8) is 0 Å². The van der Waals surface area contributed by atoms with Crippen LogP contribution in [0.3, 0.4) is 0 Å². The normalized spacial score (nSPS) is 23.8. The summed E-state index contributed by atoms with van der Waals surface area (Å²) in [4.78, 5) is 14.0. The van der Waals surface area contributed by atoms with Gasteiger partial charge in [-0.05, 0) is 63.3 Å². The Bertz CT molecular complexity index is 520. The molecular formula is C18H25NO2. The molecule has 2 fully saturated rings. The Morgan fingerprint density at radius 1 is 1.24 bits per heavy atom. The molecule has 1 atom stereocenters. The van der Waals surface area contributed by atoms with E-state index in [-0.39, 0.29) is 5.78 Å². The summed E-state index contributed by atoms with van der Waals surface area (Å²) >= 11 is 0. The van der Waals surface area contributed by atoms with Crippen molar-refractivity contribution >= 4 is 5.78 Å². The topological polar surface area (TPSA) is 40.5 Å². The van der Waals surface area contributed by atoms with E-state index in [1.807, 2.05) is 6.07 Å². The smallest absolute Gasteiger partial charge is 0.159 e. The van der Waals surface area contributed by atoms with Crippen LogP contribution in [0.4, 0.5) is 0 Å². The molecule has 2 aliphatic rings. The molecule has 1 aromatic carbocycles. The summed E-state index contributed by atoms with van der Waals surface area (Å²) < 4.78 is 0. The van der Waals surface area contributed by atoms with E-state index in [1.165, 1.54) is 38.5 Å². The van der Waals surface area contributed by atoms with Crippen LogP contribution in [-0.2, 0) is 6.54 Å². The number of carbonyl (C=O) groups is 1. The van der Waals surface area contributed by atoms with Gasteiger partial charge in [0.25, 0.3) is 0 Å². The second-order valence-corrected chi connectivity index (χ2v) is 6.62. The molecule has 114 valence electrons. The number of carbonyl (C=O) groups excluding carboxylic acids is 1. The average molecular weight is 287 g/mol. The summed E-state index contributed by atoms with van der Waals surface area (Å²) in [5.74, 6) is 1.22. The number of ketones is 1. The van der Waals surface area contributed by atoms with Crippen molar-refractivity contribution in [3.8, 4) is 5.75 Å². The van der Waals surface area contributed by atoms with Crippen molar-refractivity contribution in [1.29, 1.82) is 0 Å². The van der Waals surface area contributed by atoms with E-state index in [1.54, 1.807) is 19.1 Å². The van der Waals surface area contributed by atoms with Gasteiger partial charge in [0, 0.05) is 23.7 Å². The summed E-state index contributed by atoms with van der Waals surface area (Å²) in [6.07, 6.45) is 8.02. The molecule has 3 nitrogen and oxygen atoms in total. The van der Waals surface area contributed by atoms with Gasteiger partial charge in [-0.25, -0.2) is 0 Å². The Kier molecular flexibility index (Phi) is 4.29. The van der Waals surface area contributed by atoms with Gasteiger partial charge in [0.1, 0.15) is 5.75 Å². The molecule has 1 aliphatic heterocycles. The lowest BCUT2D eigenvalue weighted by Gasteiger charge is -2.29. The van der Waals surface area contributed by atoms with Gasteiger partial charge in [0.05, 0.1) is 0 Å². The SMILES string of the molecule is CC(=O)c1ccc(O)c(CN2CCCC2C2CCCC2)c1. The number of benzene rings is 1. The molecule has 1 aromatic rings. The molecule has 1 unspecified atom stereocenters. The highest BCUT2D eigenvalue weighted by atomic mass is 16.3. The first-order valence-electron chi connectivity index (χ1n) is 8.22. The zero-order valence-electron chi connectivity index (χ0n) is 12.8. The van der Waals surface area contributed by atoms with Crippen LogP contribution < -0.4 is 0 Å². The minimum Gasteiger partial charge on any atom is -0.508 e. The summed E-state index contributed by atoms with van der Waals surface area (Å²) in [6, 6.07) is 5.90. The number of likely N-dealkylation sites (tertiary alicyclic amines) is 1. The Balaban J connectivity index is 1.75. The van der Waals surface area contributed by atoms with Gasteiger partial charge in [0.2, 0.25) is 0 Å². The van der Waals surface area contributed by atoms with Crippen molar-refractivity contribution in [2.45, 2.75) is 58.0 Å². The van der Waals surface area contributed by atoms with Crippen molar-refractivity contribution < 1.29 is 9.90 Å². The van der Waals surface area contributed by atoms with Crippen LogP contribution in [0.2, 0.25) is 0 Å². The second-order valence-electron chi connectivity index (χ2n) is 6.62. The predicted octanol–water partition coefficient (Wildman–Crippen LogP) is 3.75. The van der Waals surface area contributed by atoms with Crippen LogP contribution in [0.5, 0.6) is 5.75 Å². The van der Waals surface area contributed by atoms with Crippen LogP contribution in [0.1, 0.15) is 61.4 Å². The molecule has 0 radical (unpaired) electrons. The highest BCUT2D eigenvalue weighted by molar-refractivity contribution is 5.94. The molecule has 1 aliphatic carbocycles. The molecule has 0 aromatic heterocycles. The maximum atomic E-state index is 11.5. The molecule has 21 heavy (non-hydrogen) atoms. The summed E-state index contributed by atoms with van der Waals surface area (Å²) in [6.45, 7) is 3.46. The van der Waals surface area contributed by atoms with Crippen molar-refractivity contribution in [1.82, 2.24) is 4.90 Å². The number of phenolic OH excluding ortho intramolecular Hbond substituents is 1. The van der Waals surface area contributed by atoms with E-state index in [0.29, 0.717) is 17.4 Å². The van der Waals surface area contributed by atoms with E-state index < -0.39 is 0 Å². The lowest BCUT2D eigenvalue weighted by Crippen LogP contribution is -2.34. The number of Topliss-reactive ketones (excluding diaryl/α,β-unsaturated/α-hetero) is 1. The van der Waals surface area contributed by atoms with Gasteiger partial charge in [0.15, 0.2) is 5.78 Å². The zero-order chi connectivity index (χ0) is 14.8. The van der Waals surface area contributed by atoms with Crippen molar-refractivity contribution in [2.24, 2.45) is 5.92 Å². The molecule has 3 heteroatoms. The van der Waals surface area contributed by atoms with Gasteiger partial charge in [-0.15, -0.1) is 0 Å². The third-order valence-corrected chi connectivity index (χ3v) is 5.22. The van der Waals surface area contributed by atoms with Gasteiger partial charge in [-0.2, -0.15) is 0 Å². The second kappa shape index (κ2) is 6.18. The molecule has 1 heterocycles. The number of hydrogen-bond donors (Lipinski definition) is 1. The minimum absolute atomic E-state index is 0.0602. The molecule has 1 N–H and O–H groups in total. The number of hydrogen-bond acceptors (Lipinski definition) is 3. The fourth-order valence-electron chi connectivity index (χ4n) is 4.07. The van der Waals surface area contributed by atoms with Gasteiger partial charge >= 0.3 is 0 Å². The standard InChI is InChI=1S/C18H25NO2/c1-13(20)15-8-9-18(21)16(11-15)12-19-10-4-7-17(19)14-5-2-3-6-14/h8-9,11,14,17,21H,2-7,10,12H2,1H3. The Morgan fingerprint density at radius 3 is 2.71 bits per heavy atom. The maximum absolute atomic E-state index is 11.5. The van der Waals surface area contributed by atoms with Crippen LogP contribution in [0, 0.1) is 5.92 Å². The maximum Gasteiger partial charge on any atom is 0.159 e. The molecule has 1 saturated carbocycles. The van der Waals surface area contributed by atoms with Gasteiger partial charge in [-0.3, -0.25) is 9.69 Å². The summed E-state index contributed by atoms with van der Waals surface area (Å²) in [5, 5.41) is 10.1. The summed E-state index contributed by atoms with van der Waals surface area (Å²) in [5.41, 5.74) is 1.59. The number of phenols is 1. The molecule has 1 saturated heterocycles. The zero-order valence-corrected chi connectivity index (χ0v) is 12.8. The average Bonchev–Trinajstić information content (AvgIpc) is 3.11. The largest absolute Gasteiger partial charge is 0.508 e. The van der Waals surface area contributed by atoms with Crippen LogP contribution in [0.15, 0.2) is 18.2 Å². The third kappa shape index (κ3) is 3.13. The van der Waals surface area contributed by atoms with Gasteiger partial charge in [-0.1, -0.05) is 12.8 Å². The number of aromatic hydroxyl groups is 1. The number of rotatable bonds is 4.